The smallest absolute Gasteiger partial charge is 0.417 e. The molecule has 0 radical (unpaired) electrons. The standard InChI is InChI=1S/C20H20ClF3N4O5/c1-3-33-17-10-15(28(30)31)13(9-16(17)32-2)19(29)27-6-4-26(5-7-27)18-14(21)8-12(11-25-18)20(22,23)24/h8-11H,3-7H2,1-2H3. The molecule has 0 unspecified atom stereocenters. The quantitative estimate of drug-likeness (QED) is 0.447. The van der Waals surface area contributed by atoms with Gasteiger partial charge in [-0.05, 0) is 13.0 Å². The van der Waals surface area contributed by atoms with Gasteiger partial charge in [-0.15, -0.1) is 0 Å². The van der Waals surface area contributed by atoms with Crippen molar-refractivity contribution in [1.82, 2.24) is 9.88 Å². The Morgan fingerprint density at radius 3 is 2.39 bits per heavy atom. The fourth-order valence-corrected chi connectivity index (χ4v) is 3.70. The number of ether oxygens (including phenoxy) is 2. The monoisotopic (exact) mass is 488 g/mol. The minimum absolute atomic E-state index is 0.149. The summed E-state index contributed by atoms with van der Waals surface area (Å²) in [5.74, 6) is -0.0686. The predicted octanol–water partition coefficient (Wildman–Crippen LogP) is 4.03. The van der Waals surface area contributed by atoms with Crippen LogP contribution >= 0.6 is 11.6 Å². The van der Waals surface area contributed by atoms with Gasteiger partial charge in [0.2, 0.25) is 0 Å². The second-order valence-corrected chi connectivity index (χ2v) is 7.42. The first kappa shape index (κ1) is 24.4. The summed E-state index contributed by atoms with van der Waals surface area (Å²) in [6.07, 6.45) is -3.86. The van der Waals surface area contributed by atoms with Gasteiger partial charge in [0.1, 0.15) is 11.4 Å². The second kappa shape index (κ2) is 9.69. The van der Waals surface area contributed by atoms with Crippen LogP contribution in [-0.4, -0.2) is 60.6 Å². The molecule has 1 aromatic carbocycles. The molecule has 2 aromatic rings. The van der Waals surface area contributed by atoms with Gasteiger partial charge in [0.25, 0.3) is 11.6 Å². The lowest BCUT2D eigenvalue weighted by molar-refractivity contribution is -0.385. The third kappa shape index (κ3) is 5.21. The van der Waals surface area contributed by atoms with Gasteiger partial charge in [-0.3, -0.25) is 14.9 Å². The normalized spacial score (nSPS) is 14.2. The Bertz CT molecular complexity index is 1060. The number of hydrogen-bond acceptors (Lipinski definition) is 7. The van der Waals surface area contributed by atoms with Crippen molar-refractivity contribution in [3.05, 3.63) is 50.7 Å². The van der Waals surface area contributed by atoms with E-state index in [0.29, 0.717) is 6.20 Å². The molecule has 1 fully saturated rings. The van der Waals surface area contributed by atoms with Crippen LogP contribution in [0.25, 0.3) is 0 Å². The third-order valence-electron chi connectivity index (χ3n) is 5.02. The third-order valence-corrected chi connectivity index (χ3v) is 5.30. The molecule has 0 aliphatic carbocycles. The number of pyridine rings is 1. The van der Waals surface area contributed by atoms with E-state index in [2.05, 4.69) is 4.98 Å². The summed E-state index contributed by atoms with van der Waals surface area (Å²) >= 11 is 6.01. The molecule has 1 aliphatic rings. The molecule has 0 N–H and O–H groups in total. The lowest BCUT2D eigenvalue weighted by atomic mass is 10.1. The molecule has 9 nitrogen and oxygen atoms in total. The van der Waals surface area contributed by atoms with Crippen molar-refractivity contribution in [3.8, 4) is 11.5 Å². The summed E-state index contributed by atoms with van der Waals surface area (Å²) in [6.45, 7) is 2.73. The molecule has 13 heteroatoms. The number of methoxy groups -OCH3 is 1. The first-order valence-corrected chi connectivity index (χ1v) is 10.2. The van der Waals surface area contributed by atoms with Crippen LogP contribution in [0.4, 0.5) is 24.7 Å². The molecule has 0 atom stereocenters. The molecular weight excluding hydrogens is 469 g/mol. The number of benzene rings is 1. The van der Waals surface area contributed by atoms with Crippen molar-refractivity contribution >= 4 is 29.0 Å². The highest BCUT2D eigenvalue weighted by Crippen LogP contribution is 2.36. The minimum Gasteiger partial charge on any atom is -0.493 e. The molecule has 1 amide bonds. The number of amides is 1. The summed E-state index contributed by atoms with van der Waals surface area (Å²) in [4.78, 5) is 30.9. The summed E-state index contributed by atoms with van der Waals surface area (Å²) in [5.41, 5.74) is -1.53. The van der Waals surface area contributed by atoms with Gasteiger partial charge in [0, 0.05) is 38.4 Å². The average molecular weight is 489 g/mol. The highest BCUT2D eigenvalue weighted by atomic mass is 35.5. The summed E-state index contributed by atoms with van der Waals surface area (Å²) < 4.78 is 49.1. The van der Waals surface area contributed by atoms with Crippen molar-refractivity contribution in [2.75, 3.05) is 44.8 Å². The van der Waals surface area contributed by atoms with Gasteiger partial charge in [0.15, 0.2) is 11.5 Å². The number of nitro benzene ring substituents is 1. The van der Waals surface area contributed by atoms with E-state index in [1.165, 1.54) is 18.1 Å². The van der Waals surface area contributed by atoms with Gasteiger partial charge in [0.05, 0.1) is 35.3 Å². The lowest BCUT2D eigenvalue weighted by Gasteiger charge is -2.35. The molecule has 178 valence electrons. The van der Waals surface area contributed by atoms with Crippen LogP contribution in [0.2, 0.25) is 5.02 Å². The van der Waals surface area contributed by atoms with Crippen LogP contribution in [0.1, 0.15) is 22.8 Å². The van der Waals surface area contributed by atoms with Gasteiger partial charge in [-0.25, -0.2) is 4.98 Å². The van der Waals surface area contributed by atoms with E-state index >= 15 is 0 Å². The molecule has 33 heavy (non-hydrogen) atoms. The predicted molar refractivity (Wildman–Crippen MR) is 113 cm³/mol. The molecule has 0 spiro atoms. The van der Waals surface area contributed by atoms with Crippen molar-refractivity contribution in [2.45, 2.75) is 13.1 Å². The van der Waals surface area contributed by atoms with Crippen molar-refractivity contribution in [1.29, 1.82) is 0 Å². The highest BCUT2D eigenvalue weighted by Gasteiger charge is 2.33. The Hall–Kier alpha value is -3.28. The van der Waals surface area contributed by atoms with Crippen LogP contribution in [0.3, 0.4) is 0 Å². The first-order valence-electron chi connectivity index (χ1n) is 9.83. The van der Waals surface area contributed by atoms with Crippen molar-refractivity contribution in [3.63, 3.8) is 0 Å². The molecule has 1 aliphatic heterocycles. The summed E-state index contributed by atoms with van der Waals surface area (Å²) in [5, 5.41) is 11.4. The molecule has 3 rings (SSSR count). The van der Waals surface area contributed by atoms with Crippen LogP contribution in [0, 0.1) is 10.1 Å². The van der Waals surface area contributed by atoms with E-state index in [9.17, 15) is 28.1 Å². The number of piperazine rings is 1. The Labute approximate surface area is 191 Å². The van der Waals surface area contributed by atoms with Crippen LogP contribution in [0.5, 0.6) is 11.5 Å². The van der Waals surface area contributed by atoms with Gasteiger partial charge in [-0.1, -0.05) is 11.6 Å². The second-order valence-electron chi connectivity index (χ2n) is 7.02. The first-order chi connectivity index (χ1) is 15.6. The number of anilines is 1. The van der Waals surface area contributed by atoms with Gasteiger partial charge < -0.3 is 19.3 Å². The number of hydrogen-bond donors (Lipinski definition) is 0. The van der Waals surface area contributed by atoms with E-state index in [0.717, 1.165) is 12.1 Å². The Morgan fingerprint density at radius 2 is 1.88 bits per heavy atom. The number of halogens is 4. The van der Waals surface area contributed by atoms with Crippen molar-refractivity contribution < 1.29 is 32.4 Å². The number of aromatic nitrogens is 1. The average Bonchev–Trinajstić information content (AvgIpc) is 2.78. The fourth-order valence-electron chi connectivity index (χ4n) is 3.41. The summed E-state index contributed by atoms with van der Waals surface area (Å²) in [7, 11) is 1.36. The van der Waals surface area contributed by atoms with Gasteiger partial charge in [-0.2, -0.15) is 13.2 Å². The Morgan fingerprint density at radius 1 is 1.21 bits per heavy atom. The zero-order valence-electron chi connectivity index (χ0n) is 17.7. The number of nitrogens with zero attached hydrogens (tertiary/aromatic N) is 4. The van der Waals surface area contributed by atoms with Crippen LogP contribution < -0.4 is 14.4 Å². The topological polar surface area (TPSA) is 98.0 Å². The largest absolute Gasteiger partial charge is 0.493 e. The number of alkyl halides is 3. The number of nitro groups is 1. The highest BCUT2D eigenvalue weighted by molar-refractivity contribution is 6.33. The number of carbonyl (C=O) groups is 1. The lowest BCUT2D eigenvalue weighted by Crippen LogP contribution is -2.49. The maximum atomic E-state index is 13.1. The SMILES string of the molecule is CCOc1cc([N+](=O)[O-])c(C(=O)N2CCN(c3ncc(C(F)(F)F)cc3Cl)CC2)cc1OC. The molecule has 0 saturated carbocycles. The van der Waals surface area contributed by atoms with Crippen LogP contribution in [0.15, 0.2) is 24.4 Å². The zero-order valence-corrected chi connectivity index (χ0v) is 18.4. The Balaban J connectivity index is 1.79. The zero-order chi connectivity index (χ0) is 24.3. The minimum atomic E-state index is -4.56. The van der Waals surface area contributed by atoms with Gasteiger partial charge >= 0.3 is 6.18 Å². The van der Waals surface area contributed by atoms with E-state index in [1.807, 2.05) is 0 Å². The number of carbonyl (C=O) groups excluding carboxylic acids is 1. The summed E-state index contributed by atoms with van der Waals surface area (Å²) in [6, 6.07) is 3.22. The van der Waals surface area contributed by atoms with E-state index in [1.54, 1.807) is 11.8 Å². The molecule has 0 bridgehead atoms. The maximum absolute atomic E-state index is 13.1. The number of rotatable bonds is 6. The molecule has 1 saturated heterocycles. The van der Waals surface area contributed by atoms with Crippen molar-refractivity contribution in [2.24, 2.45) is 0 Å². The Kier molecular flexibility index (Phi) is 7.15. The maximum Gasteiger partial charge on any atom is 0.417 e. The van der Waals surface area contributed by atoms with E-state index in [4.69, 9.17) is 21.1 Å². The van der Waals surface area contributed by atoms with E-state index in [-0.39, 0.29) is 60.7 Å². The van der Waals surface area contributed by atoms with Crippen LogP contribution in [-0.2, 0) is 6.18 Å². The molecular formula is C20H20ClF3N4O5. The molecule has 2 heterocycles. The fraction of sp³-hybridized carbons (Fsp3) is 0.400. The van der Waals surface area contributed by atoms with E-state index < -0.39 is 28.3 Å². The molecule has 1 aromatic heterocycles.